The highest BCUT2D eigenvalue weighted by atomic mass is 19.1. The van der Waals surface area contributed by atoms with Crippen molar-refractivity contribution in [3.05, 3.63) is 23.6 Å². The van der Waals surface area contributed by atoms with Gasteiger partial charge in [-0.25, -0.2) is 9.37 Å². The van der Waals surface area contributed by atoms with Gasteiger partial charge in [0.1, 0.15) is 11.6 Å². The summed E-state index contributed by atoms with van der Waals surface area (Å²) in [5, 5.41) is 0. The van der Waals surface area contributed by atoms with Crippen molar-refractivity contribution in [3.63, 3.8) is 0 Å². The van der Waals surface area contributed by atoms with E-state index in [2.05, 4.69) is 4.98 Å². The van der Waals surface area contributed by atoms with Gasteiger partial charge in [0.05, 0.1) is 6.20 Å². The standard InChI is InChI=1S/C9H14FN3/c1-3-13(2)9-7(5-11)4-8(10)6-12-9/h4,6H,3,5,11H2,1-2H3. The molecule has 0 bridgehead atoms. The maximum absolute atomic E-state index is 12.8. The first-order valence-corrected chi connectivity index (χ1v) is 4.24. The van der Waals surface area contributed by atoms with Gasteiger partial charge in [-0.1, -0.05) is 0 Å². The van der Waals surface area contributed by atoms with Crippen molar-refractivity contribution in [1.82, 2.24) is 4.98 Å². The van der Waals surface area contributed by atoms with E-state index in [1.165, 1.54) is 12.3 Å². The van der Waals surface area contributed by atoms with Crippen LogP contribution in [0.25, 0.3) is 0 Å². The third-order valence-corrected chi connectivity index (χ3v) is 1.97. The van der Waals surface area contributed by atoms with Crippen LogP contribution in [0.3, 0.4) is 0 Å². The molecule has 0 aliphatic carbocycles. The molecule has 0 saturated carbocycles. The Labute approximate surface area is 77.4 Å². The number of rotatable bonds is 3. The average Bonchev–Trinajstić information content (AvgIpc) is 2.16. The number of pyridine rings is 1. The lowest BCUT2D eigenvalue weighted by Crippen LogP contribution is -2.20. The third-order valence-electron chi connectivity index (χ3n) is 1.97. The molecular weight excluding hydrogens is 169 g/mol. The summed E-state index contributed by atoms with van der Waals surface area (Å²) >= 11 is 0. The fourth-order valence-corrected chi connectivity index (χ4v) is 1.12. The number of anilines is 1. The van der Waals surface area contributed by atoms with E-state index in [4.69, 9.17) is 5.73 Å². The van der Waals surface area contributed by atoms with Crippen LogP contribution in [0.5, 0.6) is 0 Å². The van der Waals surface area contributed by atoms with Crippen molar-refractivity contribution in [3.8, 4) is 0 Å². The molecule has 13 heavy (non-hydrogen) atoms. The Morgan fingerprint density at radius 3 is 2.85 bits per heavy atom. The normalized spacial score (nSPS) is 10.2. The van der Waals surface area contributed by atoms with E-state index in [1.807, 2.05) is 18.9 Å². The fraction of sp³-hybridized carbons (Fsp3) is 0.444. The Hall–Kier alpha value is -1.16. The number of hydrogen-bond acceptors (Lipinski definition) is 3. The van der Waals surface area contributed by atoms with Crippen LogP contribution in [0.15, 0.2) is 12.3 Å². The van der Waals surface area contributed by atoms with Crippen molar-refractivity contribution < 1.29 is 4.39 Å². The van der Waals surface area contributed by atoms with Crippen LogP contribution in [-0.4, -0.2) is 18.6 Å². The first-order chi connectivity index (χ1) is 6.19. The molecule has 0 aromatic carbocycles. The summed E-state index contributed by atoms with van der Waals surface area (Å²) in [5.41, 5.74) is 6.22. The summed E-state index contributed by atoms with van der Waals surface area (Å²) in [7, 11) is 1.90. The van der Waals surface area contributed by atoms with Crippen LogP contribution in [-0.2, 0) is 6.54 Å². The lowest BCUT2D eigenvalue weighted by Gasteiger charge is -2.18. The summed E-state index contributed by atoms with van der Waals surface area (Å²) in [6, 6.07) is 1.43. The zero-order chi connectivity index (χ0) is 9.84. The van der Waals surface area contributed by atoms with Crippen molar-refractivity contribution in [2.45, 2.75) is 13.5 Å². The first kappa shape index (κ1) is 9.92. The highest BCUT2D eigenvalue weighted by molar-refractivity contribution is 5.45. The van der Waals surface area contributed by atoms with E-state index in [9.17, 15) is 4.39 Å². The Balaban J connectivity index is 3.05. The van der Waals surface area contributed by atoms with Gasteiger partial charge in [-0.3, -0.25) is 0 Å². The van der Waals surface area contributed by atoms with Crippen LogP contribution in [0, 0.1) is 5.82 Å². The SMILES string of the molecule is CCN(C)c1ncc(F)cc1CN. The second kappa shape index (κ2) is 4.18. The van der Waals surface area contributed by atoms with Gasteiger partial charge in [0.2, 0.25) is 0 Å². The Bertz CT molecular complexity index is 288. The largest absolute Gasteiger partial charge is 0.360 e. The summed E-state index contributed by atoms with van der Waals surface area (Å²) in [4.78, 5) is 5.92. The lowest BCUT2D eigenvalue weighted by molar-refractivity contribution is 0.618. The Kier molecular flexibility index (Phi) is 3.19. The van der Waals surface area contributed by atoms with Crippen molar-refractivity contribution in [1.29, 1.82) is 0 Å². The molecule has 0 aliphatic rings. The second-order valence-corrected chi connectivity index (χ2v) is 2.85. The fourth-order valence-electron chi connectivity index (χ4n) is 1.12. The maximum atomic E-state index is 12.8. The van der Waals surface area contributed by atoms with Gasteiger partial charge < -0.3 is 10.6 Å². The van der Waals surface area contributed by atoms with E-state index in [0.29, 0.717) is 6.54 Å². The predicted octanol–water partition coefficient (Wildman–Crippen LogP) is 1.14. The molecular formula is C9H14FN3. The van der Waals surface area contributed by atoms with Crippen LogP contribution >= 0.6 is 0 Å². The molecule has 0 unspecified atom stereocenters. The number of aromatic nitrogens is 1. The Morgan fingerprint density at radius 1 is 1.62 bits per heavy atom. The van der Waals surface area contributed by atoms with Gasteiger partial charge >= 0.3 is 0 Å². The van der Waals surface area contributed by atoms with Gasteiger partial charge in [0.25, 0.3) is 0 Å². The number of hydrogen-bond donors (Lipinski definition) is 1. The summed E-state index contributed by atoms with van der Waals surface area (Å²) in [6.07, 6.45) is 1.21. The van der Waals surface area contributed by atoms with Gasteiger partial charge in [-0.05, 0) is 13.0 Å². The predicted molar refractivity (Wildman–Crippen MR) is 51.0 cm³/mol. The van der Waals surface area contributed by atoms with Gasteiger partial charge in [0.15, 0.2) is 0 Å². The highest BCUT2D eigenvalue weighted by Gasteiger charge is 2.07. The molecule has 72 valence electrons. The maximum Gasteiger partial charge on any atom is 0.141 e. The van der Waals surface area contributed by atoms with Gasteiger partial charge in [-0.2, -0.15) is 0 Å². The van der Waals surface area contributed by atoms with Crippen molar-refractivity contribution >= 4 is 5.82 Å². The van der Waals surface area contributed by atoms with Crippen molar-refractivity contribution in [2.24, 2.45) is 5.73 Å². The number of halogens is 1. The molecule has 1 rings (SSSR count). The molecule has 1 heterocycles. The number of nitrogens with zero attached hydrogens (tertiary/aromatic N) is 2. The van der Waals surface area contributed by atoms with E-state index < -0.39 is 0 Å². The molecule has 0 amide bonds. The molecule has 0 fully saturated rings. The highest BCUT2D eigenvalue weighted by Crippen LogP contribution is 2.16. The lowest BCUT2D eigenvalue weighted by atomic mass is 10.2. The molecule has 0 aliphatic heterocycles. The minimum absolute atomic E-state index is 0.310. The van der Waals surface area contributed by atoms with Crippen molar-refractivity contribution in [2.75, 3.05) is 18.5 Å². The zero-order valence-electron chi connectivity index (χ0n) is 7.92. The Morgan fingerprint density at radius 2 is 2.31 bits per heavy atom. The quantitative estimate of drug-likeness (QED) is 0.764. The van der Waals surface area contributed by atoms with Crippen LogP contribution in [0.1, 0.15) is 12.5 Å². The molecule has 2 N–H and O–H groups in total. The van der Waals surface area contributed by atoms with Crippen LogP contribution in [0.4, 0.5) is 10.2 Å². The minimum atomic E-state index is -0.339. The molecule has 0 spiro atoms. The first-order valence-electron chi connectivity index (χ1n) is 4.24. The van der Waals surface area contributed by atoms with E-state index in [1.54, 1.807) is 0 Å². The zero-order valence-corrected chi connectivity index (χ0v) is 7.92. The molecule has 3 nitrogen and oxygen atoms in total. The van der Waals surface area contributed by atoms with E-state index >= 15 is 0 Å². The van der Waals surface area contributed by atoms with E-state index in [-0.39, 0.29) is 5.82 Å². The molecule has 0 atom stereocenters. The molecule has 4 heteroatoms. The topological polar surface area (TPSA) is 42.2 Å². The third kappa shape index (κ3) is 2.15. The smallest absolute Gasteiger partial charge is 0.141 e. The summed E-state index contributed by atoms with van der Waals surface area (Å²) in [5.74, 6) is 0.417. The van der Waals surface area contributed by atoms with Gasteiger partial charge in [-0.15, -0.1) is 0 Å². The second-order valence-electron chi connectivity index (χ2n) is 2.85. The molecule has 1 aromatic heterocycles. The van der Waals surface area contributed by atoms with Gasteiger partial charge in [0, 0.05) is 25.7 Å². The molecule has 0 saturated heterocycles. The molecule has 0 radical (unpaired) electrons. The number of nitrogens with two attached hydrogens (primary N) is 1. The molecule has 1 aromatic rings. The minimum Gasteiger partial charge on any atom is -0.360 e. The van der Waals surface area contributed by atoms with Crippen LogP contribution < -0.4 is 10.6 Å². The average molecular weight is 183 g/mol. The van der Waals surface area contributed by atoms with E-state index in [0.717, 1.165) is 17.9 Å². The summed E-state index contributed by atoms with van der Waals surface area (Å²) in [6.45, 7) is 3.14. The van der Waals surface area contributed by atoms with Crippen LogP contribution in [0.2, 0.25) is 0 Å². The summed E-state index contributed by atoms with van der Waals surface area (Å²) < 4.78 is 12.8. The monoisotopic (exact) mass is 183 g/mol.